The van der Waals surface area contributed by atoms with Crippen LogP contribution in [0.15, 0.2) is 47.4 Å². The molecule has 0 aliphatic carbocycles. The summed E-state index contributed by atoms with van der Waals surface area (Å²) in [6, 6.07) is 11.6. The Morgan fingerprint density at radius 1 is 1.21 bits per heavy atom. The normalized spacial score (nSPS) is 17.9. The number of anilines is 1. The summed E-state index contributed by atoms with van der Waals surface area (Å²) in [7, 11) is -3.71. The zero-order valence-electron chi connectivity index (χ0n) is 15.7. The van der Waals surface area contributed by atoms with Gasteiger partial charge in [0.25, 0.3) is 0 Å². The number of thiazole rings is 1. The van der Waals surface area contributed by atoms with Crippen LogP contribution in [0.4, 0.5) is 5.13 Å². The van der Waals surface area contributed by atoms with Crippen LogP contribution >= 0.6 is 11.3 Å². The number of nitrogens with zero attached hydrogens (tertiary/aromatic N) is 2. The van der Waals surface area contributed by atoms with Gasteiger partial charge >= 0.3 is 0 Å². The fourth-order valence-corrected chi connectivity index (χ4v) is 6.35. The van der Waals surface area contributed by atoms with Crippen LogP contribution < -0.4 is 5.32 Å². The van der Waals surface area contributed by atoms with E-state index in [0.29, 0.717) is 24.5 Å². The number of aryl methyl sites for hydroxylation is 2. The van der Waals surface area contributed by atoms with Crippen molar-refractivity contribution in [2.75, 3.05) is 11.9 Å². The third-order valence-electron chi connectivity index (χ3n) is 4.92. The summed E-state index contributed by atoms with van der Waals surface area (Å²) >= 11 is 1.41. The van der Waals surface area contributed by atoms with E-state index in [1.807, 2.05) is 19.9 Å². The molecular formula is C20H21N3O3S2. The Morgan fingerprint density at radius 3 is 2.71 bits per heavy atom. The van der Waals surface area contributed by atoms with Crippen LogP contribution in [0.5, 0.6) is 0 Å². The lowest BCUT2D eigenvalue weighted by Crippen LogP contribution is -2.43. The minimum atomic E-state index is -3.71. The number of amides is 1. The van der Waals surface area contributed by atoms with Crippen molar-refractivity contribution in [3.05, 3.63) is 53.6 Å². The van der Waals surface area contributed by atoms with Gasteiger partial charge in [0.05, 0.1) is 15.1 Å². The highest BCUT2D eigenvalue weighted by Gasteiger charge is 2.39. The molecule has 2 aromatic carbocycles. The van der Waals surface area contributed by atoms with Crippen molar-refractivity contribution in [1.82, 2.24) is 9.29 Å². The standard InChI is InChI=1S/C20H21N3O3S2/c1-13-11-14(2)18-17(12-13)27-20(21-18)22-19(24)16-9-6-10-23(16)28(25,26)15-7-4-3-5-8-15/h3-5,7-8,11-12,16H,6,9-10H2,1-2H3,(H,21,22,24). The maximum atomic E-state index is 13.0. The van der Waals surface area contributed by atoms with Crippen LogP contribution in [-0.2, 0) is 14.8 Å². The largest absolute Gasteiger partial charge is 0.301 e. The van der Waals surface area contributed by atoms with E-state index in [1.165, 1.54) is 15.6 Å². The summed E-state index contributed by atoms with van der Waals surface area (Å²) in [6.45, 7) is 4.36. The lowest BCUT2D eigenvalue weighted by Gasteiger charge is -2.23. The van der Waals surface area contributed by atoms with Crippen molar-refractivity contribution in [2.45, 2.75) is 37.6 Å². The molecule has 1 fully saturated rings. The molecule has 6 nitrogen and oxygen atoms in total. The van der Waals surface area contributed by atoms with Gasteiger partial charge in [-0.15, -0.1) is 0 Å². The van der Waals surface area contributed by atoms with Gasteiger partial charge in [-0.05, 0) is 56.0 Å². The maximum Gasteiger partial charge on any atom is 0.244 e. The second-order valence-electron chi connectivity index (χ2n) is 7.02. The van der Waals surface area contributed by atoms with E-state index in [1.54, 1.807) is 30.3 Å². The second kappa shape index (κ2) is 7.27. The van der Waals surface area contributed by atoms with E-state index in [-0.39, 0.29) is 10.8 Å². The molecular weight excluding hydrogens is 394 g/mol. The predicted molar refractivity (Wildman–Crippen MR) is 111 cm³/mol. The van der Waals surface area contributed by atoms with Crippen molar-refractivity contribution in [2.24, 2.45) is 0 Å². The molecule has 28 heavy (non-hydrogen) atoms. The molecule has 1 N–H and O–H groups in total. The number of carbonyl (C=O) groups excluding carboxylic acids is 1. The van der Waals surface area contributed by atoms with Gasteiger partial charge in [-0.25, -0.2) is 13.4 Å². The minimum Gasteiger partial charge on any atom is -0.301 e. The molecule has 8 heteroatoms. The van der Waals surface area contributed by atoms with Gasteiger partial charge < -0.3 is 5.32 Å². The summed E-state index contributed by atoms with van der Waals surface area (Å²) in [5, 5.41) is 3.33. The number of carbonyl (C=O) groups is 1. The van der Waals surface area contributed by atoms with Crippen LogP contribution in [0, 0.1) is 13.8 Å². The SMILES string of the molecule is Cc1cc(C)c2nc(NC(=O)C3CCCN3S(=O)(=O)c3ccccc3)sc2c1. The first-order valence-electron chi connectivity index (χ1n) is 9.12. The topological polar surface area (TPSA) is 79.4 Å². The summed E-state index contributed by atoms with van der Waals surface area (Å²) in [5.74, 6) is -0.328. The van der Waals surface area contributed by atoms with Crippen LogP contribution in [-0.4, -0.2) is 36.2 Å². The van der Waals surface area contributed by atoms with Crippen molar-refractivity contribution in [1.29, 1.82) is 0 Å². The number of fused-ring (bicyclic) bond motifs is 1. The summed E-state index contributed by atoms with van der Waals surface area (Å²) < 4.78 is 28.2. The molecule has 3 aromatic rings. The number of aromatic nitrogens is 1. The van der Waals surface area contributed by atoms with E-state index < -0.39 is 16.1 Å². The fraction of sp³-hybridized carbons (Fsp3) is 0.300. The molecule has 1 aromatic heterocycles. The zero-order chi connectivity index (χ0) is 19.9. The molecule has 1 aliphatic heterocycles. The number of hydrogen-bond donors (Lipinski definition) is 1. The average molecular weight is 416 g/mol. The molecule has 0 bridgehead atoms. The van der Waals surface area contributed by atoms with Gasteiger partial charge in [-0.3, -0.25) is 4.79 Å². The van der Waals surface area contributed by atoms with Crippen molar-refractivity contribution in [3.63, 3.8) is 0 Å². The summed E-state index contributed by atoms with van der Waals surface area (Å²) in [6.07, 6.45) is 1.16. The van der Waals surface area contributed by atoms with Gasteiger partial charge in [0.15, 0.2) is 5.13 Å². The molecule has 0 radical (unpaired) electrons. The Hall–Kier alpha value is -2.29. The minimum absolute atomic E-state index is 0.209. The van der Waals surface area contributed by atoms with E-state index in [2.05, 4.69) is 16.4 Å². The highest BCUT2D eigenvalue weighted by atomic mass is 32.2. The van der Waals surface area contributed by atoms with Crippen LogP contribution in [0.2, 0.25) is 0 Å². The highest BCUT2D eigenvalue weighted by Crippen LogP contribution is 2.31. The monoisotopic (exact) mass is 415 g/mol. The molecule has 0 saturated carbocycles. The third kappa shape index (κ3) is 3.43. The lowest BCUT2D eigenvalue weighted by molar-refractivity contribution is -0.119. The molecule has 1 atom stereocenters. The Balaban J connectivity index is 1.58. The number of hydrogen-bond acceptors (Lipinski definition) is 5. The number of benzene rings is 2. The van der Waals surface area contributed by atoms with E-state index in [9.17, 15) is 13.2 Å². The van der Waals surface area contributed by atoms with Gasteiger partial charge in [-0.1, -0.05) is 35.6 Å². The Bertz CT molecular complexity index is 1140. The summed E-state index contributed by atoms with van der Waals surface area (Å²) in [4.78, 5) is 17.6. The first kappa shape index (κ1) is 19.0. The number of rotatable bonds is 4. The maximum absolute atomic E-state index is 13.0. The van der Waals surface area contributed by atoms with Crippen molar-refractivity contribution in [3.8, 4) is 0 Å². The van der Waals surface area contributed by atoms with Gasteiger partial charge in [0, 0.05) is 6.54 Å². The molecule has 146 valence electrons. The van der Waals surface area contributed by atoms with Crippen molar-refractivity contribution >= 4 is 42.6 Å². The number of nitrogens with one attached hydrogen (secondary N) is 1. The smallest absolute Gasteiger partial charge is 0.244 e. The molecule has 0 spiro atoms. The average Bonchev–Trinajstić information content (AvgIpc) is 3.29. The zero-order valence-corrected chi connectivity index (χ0v) is 17.3. The highest BCUT2D eigenvalue weighted by molar-refractivity contribution is 7.89. The molecule has 1 amide bonds. The first-order chi connectivity index (χ1) is 13.4. The molecule has 2 heterocycles. The van der Waals surface area contributed by atoms with Gasteiger partial charge in [0.2, 0.25) is 15.9 Å². The molecule has 4 rings (SSSR count). The van der Waals surface area contributed by atoms with Crippen LogP contribution in [0.3, 0.4) is 0 Å². The van der Waals surface area contributed by atoms with Gasteiger partial charge in [0.1, 0.15) is 6.04 Å². The van der Waals surface area contributed by atoms with Gasteiger partial charge in [-0.2, -0.15) is 4.31 Å². The molecule has 1 aliphatic rings. The summed E-state index contributed by atoms with van der Waals surface area (Å²) in [5.41, 5.74) is 3.06. The molecule has 1 saturated heterocycles. The van der Waals surface area contributed by atoms with Crippen molar-refractivity contribution < 1.29 is 13.2 Å². The Morgan fingerprint density at radius 2 is 1.96 bits per heavy atom. The second-order valence-corrected chi connectivity index (χ2v) is 9.94. The molecule has 1 unspecified atom stereocenters. The quantitative estimate of drug-likeness (QED) is 0.705. The Kier molecular flexibility index (Phi) is 4.95. The Labute approximate surface area is 168 Å². The van der Waals surface area contributed by atoms with E-state index >= 15 is 0 Å². The lowest BCUT2D eigenvalue weighted by atomic mass is 10.1. The van der Waals surface area contributed by atoms with Crippen LogP contribution in [0.1, 0.15) is 24.0 Å². The number of sulfonamides is 1. The van der Waals surface area contributed by atoms with Crippen LogP contribution in [0.25, 0.3) is 10.2 Å². The van der Waals surface area contributed by atoms with E-state index in [0.717, 1.165) is 21.3 Å². The fourth-order valence-electron chi connectivity index (χ4n) is 3.63. The predicted octanol–water partition coefficient (Wildman–Crippen LogP) is 3.70. The third-order valence-corrected chi connectivity index (χ3v) is 7.76. The first-order valence-corrected chi connectivity index (χ1v) is 11.4. The van der Waals surface area contributed by atoms with E-state index in [4.69, 9.17) is 0 Å².